The lowest BCUT2D eigenvalue weighted by atomic mass is 10.1. The summed E-state index contributed by atoms with van der Waals surface area (Å²) < 4.78 is 5.07. The maximum atomic E-state index is 12.2. The zero-order valence-electron chi connectivity index (χ0n) is 14.9. The summed E-state index contributed by atoms with van der Waals surface area (Å²) in [4.78, 5) is 25.9. The number of ether oxygens (including phenoxy) is 1. The van der Waals surface area contributed by atoms with Crippen molar-refractivity contribution < 1.29 is 14.3 Å². The van der Waals surface area contributed by atoms with E-state index in [-0.39, 0.29) is 30.4 Å². The van der Waals surface area contributed by atoms with Crippen LogP contribution in [0.1, 0.15) is 27.7 Å². The highest BCUT2D eigenvalue weighted by Crippen LogP contribution is 2.27. The Balaban J connectivity index is 2.58. The lowest BCUT2D eigenvalue weighted by Crippen LogP contribution is -2.47. The van der Waals surface area contributed by atoms with Crippen LogP contribution in [0.3, 0.4) is 0 Å². The van der Waals surface area contributed by atoms with Crippen molar-refractivity contribution in [2.45, 2.75) is 33.2 Å². The minimum atomic E-state index is -0.293. The van der Waals surface area contributed by atoms with Crippen molar-refractivity contribution in [1.29, 1.82) is 0 Å². The molecule has 0 aliphatic rings. The molecule has 0 bridgehead atoms. The van der Waals surface area contributed by atoms with E-state index in [0.29, 0.717) is 23.0 Å². The Morgan fingerprint density at radius 3 is 2.33 bits per heavy atom. The molecule has 2 amide bonds. The van der Waals surface area contributed by atoms with Gasteiger partial charge in [-0.3, -0.25) is 14.5 Å². The monoisotopic (exact) mass is 355 g/mol. The number of amides is 2. The maximum absolute atomic E-state index is 12.2. The second-order valence-corrected chi connectivity index (χ2v) is 6.91. The van der Waals surface area contributed by atoms with Crippen molar-refractivity contribution in [3.8, 4) is 5.75 Å². The fourth-order valence-corrected chi connectivity index (χ4v) is 2.35. The van der Waals surface area contributed by atoms with E-state index in [0.717, 1.165) is 0 Å². The molecule has 0 saturated heterocycles. The van der Waals surface area contributed by atoms with Crippen LogP contribution in [-0.2, 0) is 9.59 Å². The van der Waals surface area contributed by atoms with Crippen molar-refractivity contribution in [2.24, 2.45) is 0 Å². The summed E-state index contributed by atoms with van der Waals surface area (Å²) in [7, 11) is 1.53. The number of hydrogen-bond donors (Lipinski definition) is 2. The lowest BCUT2D eigenvalue weighted by Gasteiger charge is -2.24. The zero-order valence-corrected chi connectivity index (χ0v) is 15.7. The first-order valence-electron chi connectivity index (χ1n) is 7.81. The smallest absolute Gasteiger partial charge is 0.238 e. The van der Waals surface area contributed by atoms with E-state index in [1.165, 1.54) is 7.11 Å². The number of carbonyl (C=O) groups is 2. The number of benzene rings is 1. The predicted octanol–water partition coefficient (Wildman–Crippen LogP) is 2.52. The summed E-state index contributed by atoms with van der Waals surface area (Å²) in [5.74, 6) is 0.231. The molecule has 24 heavy (non-hydrogen) atoms. The van der Waals surface area contributed by atoms with Gasteiger partial charge in [-0.05, 0) is 45.5 Å². The average Bonchev–Trinajstić information content (AvgIpc) is 2.44. The molecule has 0 unspecified atom stereocenters. The van der Waals surface area contributed by atoms with Gasteiger partial charge in [0.1, 0.15) is 5.75 Å². The molecule has 1 aromatic carbocycles. The number of likely N-dealkylation sites (N-methyl/N-ethyl adjacent to an activating group) is 1. The molecule has 6 nitrogen and oxygen atoms in total. The highest BCUT2D eigenvalue weighted by molar-refractivity contribution is 6.32. The van der Waals surface area contributed by atoms with E-state index in [1.54, 1.807) is 23.1 Å². The van der Waals surface area contributed by atoms with Crippen LogP contribution in [0.2, 0.25) is 5.02 Å². The fraction of sp³-hybridized carbons (Fsp3) is 0.529. The van der Waals surface area contributed by atoms with Crippen LogP contribution in [0, 0.1) is 0 Å². The van der Waals surface area contributed by atoms with Gasteiger partial charge >= 0.3 is 0 Å². The molecule has 1 rings (SSSR count). The minimum absolute atomic E-state index is 0.107. The third kappa shape index (κ3) is 7.19. The number of nitrogens with one attached hydrogen (secondary N) is 2. The van der Waals surface area contributed by atoms with Crippen LogP contribution in [-0.4, -0.2) is 49.0 Å². The van der Waals surface area contributed by atoms with Crippen LogP contribution in [0.25, 0.3) is 0 Å². The normalized spacial score (nSPS) is 11.3. The van der Waals surface area contributed by atoms with Crippen LogP contribution in [0.15, 0.2) is 18.2 Å². The molecular weight excluding hydrogens is 330 g/mol. The zero-order chi connectivity index (χ0) is 18.3. The highest BCUT2D eigenvalue weighted by Gasteiger charge is 2.18. The average molecular weight is 356 g/mol. The van der Waals surface area contributed by atoms with E-state index in [4.69, 9.17) is 16.3 Å². The van der Waals surface area contributed by atoms with Gasteiger partial charge in [-0.25, -0.2) is 0 Å². The number of anilines is 1. The number of nitrogens with zero attached hydrogens (tertiary/aromatic N) is 1. The minimum Gasteiger partial charge on any atom is -0.495 e. The summed E-state index contributed by atoms with van der Waals surface area (Å²) in [5, 5.41) is 6.07. The molecule has 0 radical (unpaired) electrons. The SMILES string of the molecule is CCN(CC(=O)Nc1ccc(OC)c(Cl)c1)CC(=O)NC(C)(C)C. The van der Waals surface area contributed by atoms with Gasteiger partial charge in [-0.15, -0.1) is 0 Å². The van der Waals surface area contributed by atoms with Crippen molar-refractivity contribution in [3.63, 3.8) is 0 Å². The number of methoxy groups -OCH3 is 1. The van der Waals surface area contributed by atoms with Gasteiger partial charge in [0.2, 0.25) is 11.8 Å². The van der Waals surface area contributed by atoms with Crippen LogP contribution in [0.5, 0.6) is 5.75 Å². The predicted molar refractivity (Wildman–Crippen MR) is 96.6 cm³/mol. The molecule has 0 aliphatic heterocycles. The summed E-state index contributed by atoms with van der Waals surface area (Å²) in [5.41, 5.74) is 0.291. The van der Waals surface area contributed by atoms with Gasteiger partial charge in [0, 0.05) is 11.2 Å². The molecule has 0 saturated carbocycles. The summed E-state index contributed by atoms with van der Waals surface area (Å²) in [6.07, 6.45) is 0. The standard InChI is InChI=1S/C17H26ClN3O3/c1-6-21(11-16(23)20-17(2,3)4)10-15(22)19-12-7-8-14(24-5)13(18)9-12/h7-9H,6,10-11H2,1-5H3,(H,19,22)(H,20,23). The van der Waals surface area contributed by atoms with E-state index in [1.807, 2.05) is 27.7 Å². The van der Waals surface area contributed by atoms with E-state index in [2.05, 4.69) is 10.6 Å². The summed E-state index contributed by atoms with van der Waals surface area (Å²) >= 11 is 6.04. The maximum Gasteiger partial charge on any atom is 0.238 e. The van der Waals surface area contributed by atoms with Gasteiger partial charge in [0.05, 0.1) is 25.2 Å². The largest absolute Gasteiger partial charge is 0.495 e. The van der Waals surface area contributed by atoms with Gasteiger partial charge in [0.15, 0.2) is 0 Å². The van der Waals surface area contributed by atoms with Crippen molar-refractivity contribution in [2.75, 3.05) is 32.1 Å². The van der Waals surface area contributed by atoms with E-state index in [9.17, 15) is 9.59 Å². The quantitative estimate of drug-likeness (QED) is 0.788. The first-order chi connectivity index (χ1) is 11.1. The third-order valence-electron chi connectivity index (χ3n) is 3.13. The highest BCUT2D eigenvalue weighted by atomic mass is 35.5. The first-order valence-corrected chi connectivity index (χ1v) is 8.19. The Kier molecular flexibility index (Phi) is 7.51. The van der Waals surface area contributed by atoms with E-state index >= 15 is 0 Å². The molecule has 2 N–H and O–H groups in total. The van der Waals surface area contributed by atoms with Crippen molar-refractivity contribution >= 4 is 29.1 Å². The Hall–Kier alpha value is -1.79. The van der Waals surface area contributed by atoms with Crippen molar-refractivity contribution in [1.82, 2.24) is 10.2 Å². The Labute approximate surface area is 148 Å². The summed E-state index contributed by atoms with van der Waals surface area (Å²) in [6, 6.07) is 5.03. The molecule has 7 heteroatoms. The Bertz CT molecular complexity index is 585. The van der Waals surface area contributed by atoms with E-state index < -0.39 is 0 Å². The van der Waals surface area contributed by atoms with Gasteiger partial charge in [0.25, 0.3) is 0 Å². The Morgan fingerprint density at radius 1 is 1.21 bits per heavy atom. The molecule has 0 aromatic heterocycles. The molecule has 0 atom stereocenters. The molecular formula is C17H26ClN3O3. The third-order valence-corrected chi connectivity index (χ3v) is 3.43. The number of hydrogen-bond acceptors (Lipinski definition) is 4. The van der Waals surface area contributed by atoms with Crippen LogP contribution < -0.4 is 15.4 Å². The number of halogens is 1. The fourth-order valence-electron chi connectivity index (χ4n) is 2.09. The summed E-state index contributed by atoms with van der Waals surface area (Å²) in [6.45, 7) is 8.54. The van der Waals surface area contributed by atoms with Gasteiger partial charge < -0.3 is 15.4 Å². The molecule has 134 valence electrons. The second-order valence-electron chi connectivity index (χ2n) is 6.50. The molecule has 0 fully saturated rings. The second kappa shape index (κ2) is 8.89. The molecule has 1 aromatic rings. The van der Waals surface area contributed by atoms with Gasteiger partial charge in [-0.2, -0.15) is 0 Å². The van der Waals surface area contributed by atoms with Gasteiger partial charge in [-0.1, -0.05) is 18.5 Å². The Morgan fingerprint density at radius 2 is 1.83 bits per heavy atom. The van der Waals surface area contributed by atoms with Crippen molar-refractivity contribution in [3.05, 3.63) is 23.2 Å². The van der Waals surface area contributed by atoms with Crippen LogP contribution >= 0.6 is 11.6 Å². The molecule has 0 heterocycles. The number of rotatable bonds is 7. The molecule has 0 spiro atoms. The molecule has 0 aliphatic carbocycles. The first kappa shape index (κ1) is 20.3. The van der Waals surface area contributed by atoms with Crippen LogP contribution in [0.4, 0.5) is 5.69 Å². The number of carbonyl (C=O) groups excluding carboxylic acids is 2. The topological polar surface area (TPSA) is 70.7 Å². The lowest BCUT2D eigenvalue weighted by molar-refractivity contribution is -0.124.